The Kier molecular flexibility index (Phi) is 5.11. The van der Waals surface area contributed by atoms with Crippen LogP contribution in [-0.4, -0.2) is 23.1 Å². The van der Waals surface area contributed by atoms with E-state index in [1.165, 1.54) is 0 Å². The number of carbonyl (C=O) groups excluding carboxylic acids is 1. The van der Waals surface area contributed by atoms with Gasteiger partial charge >= 0.3 is 12.0 Å². The molecule has 0 unspecified atom stereocenters. The molecule has 1 aliphatic carbocycles. The normalized spacial score (nSPS) is 21.1. The Bertz CT molecular complexity index is 580. The van der Waals surface area contributed by atoms with E-state index in [2.05, 4.69) is 26.6 Å². The summed E-state index contributed by atoms with van der Waals surface area (Å²) in [6.07, 6.45) is 1.75. The highest BCUT2D eigenvalue weighted by Crippen LogP contribution is 2.29. The zero-order valence-corrected chi connectivity index (χ0v) is 13.8. The third kappa shape index (κ3) is 4.11. The van der Waals surface area contributed by atoms with E-state index in [1.807, 2.05) is 13.0 Å². The van der Waals surface area contributed by atoms with Gasteiger partial charge in [0.05, 0.1) is 11.6 Å². The molecule has 0 aromatic heterocycles. The lowest BCUT2D eigenvalue weighted by molar-refractivity contribution is -0.141. The second kappa shape index (κ2) is 6.66. The smallest absolute Gasteiger partial charge is 0.319 e. The Morgan fingerprint density at radius 2 is 2.10 bits per heavy atom. The first kappa shape index (κ1) is 16.1. The van der Waals surface area contributed by atoms with Crippen molar-refractivity contribution in [2.24, 2.45) is 5.92 Å². The molecule has 1 aromatic rings. The van der Waals surface area contributed by atoms with E-state index in [1.54, 1.807) is 6.07 Å². The lowest BCUT2D eigenvalue weighted by Crippen LogP contribution is -2.36. The van der Waals surface area contributed by atoms with Gasteiger partial charge in [-0.1, -0.05) is 11.6 Å². The van der Waals surface area contributed by atoms with E-state index >= 15 is 0 Å². The number of urea groups is 1. The lowest BCUT2D eigenvalue weighted by Gasteiger charge is -2.15. The fourth-order valence-electron chi connectivity index (χ4n) is 2.42. The minimum Gasteiger partial charge on any atom is -0.481 e. The van der Waals surface area contributed by atoms with Gasteiger partial charge in [0, 0.05) is 15.5 Å². The number of carboxylic acids is 1. The van der Waals surface area contributed by atoms with Crippen molar-refractivity contribution in [3.8, 4) is 0 Å². The summed E-state index contributed by atoms with van der Waals surface area (Å²) in [6, 6.07) is 3.04. The molecule has 0 aliphatic heterocycles. The minimum atomic E-state index is -0.798. The number of hydrogen-bond acceptors (Lipinski definition) is 2. The Morgan fingerprint density at radius 3 is 2.71 bits per heavy atom. The molecular formula is C14H16BrClN2O3. The van der Waals surface area contributed by atoms with Crippen LogP contribution < -0.4 is 10.6 Å². The summed E-state index contributed by atoms with van der Waals surface area (Å²) in [7, 11) is 0. The molecule has 21 heavy (non-hydrogen) atoms. The van der Waals surface area contributed by atoms with Gasteiger partial charge in [-0.15, -0.1) is 0 Å². The van der Waals surface area contributed by atoms with Crippen LogP contribution in [0, 0.1) is 12.8 Å². The molecule has 1 saturated carbocycles. The molecule has 0 radical (unpaired) electrons. The van der Waals surface area contributed by atoms with E-state index in [-0.39, 0.29) is 18.0 Å². The molecule has 7 heteroatoms. The summed E-state index contributed by atoms with van der Waals surface area (Å²) in [5, 5.41) is 15.0. The van der Waals surface area contributed by atoms with Crippen molar-refractivity contribution in [3.05, 3.63) is 27.2 Å². The number of carboxylic acid groups (broad SMARTS) is 1. The van der Waals surface area contributed by atoms with Crippen molar-refractivity contribution in [2.75, 3.05) is 5.32 Å². The molecule has 114 valence electrons. The van der Waals surface area contributed by atoms with Crippen molar-refractivity contribution >= 4 is 45.2 Å². The fourth-order valence-corrected chi connectivity index (χ4v) is 3.14. The Morgan fingerprint density at radius 1 is 1.38 bits per heavy atom. The highest BCUT2D eigenvalue weighted by Gasteiger charge is 2.30. The number of amides is 2. The average molecular weight is 376 g/mol. The molecule has 2 amide bonds. The number of rotatable bonds is 3. The molecule has 5 nitrogen and oxygen atoms in total. The van der Waals surface area contributed by atoms with Crippen LogP contribution in [-0.2, 0) is 4.79 Å². The van der Waals surface area contributed by atoms with Crippen molar-refractivity contribution in [1.82, 2.24) is 5.32 Å². The van der Waals surface area contributed by atoms with Gasteiger partial charge in [-0.3, -0.25) is 4.79 Å². The number of aryl methyl sites for hydroxylation is 1. The topological polar surface area (TPSA) is 78.4 Å². The molecule has 0 bridgehead atoms. The Labute approximate surface area is 136 Å². The molecule has 0 heterocycles. The van der Waals surface area contributed by atoms with Gasteiger partial charge in [0.15, 0.2) is 0 Å². The maximum Gasteiger partial charge on any atom is 0.319 e. The number of aliphatic carboxylic acids is 1. The largest absolute Gasteiger partial charge is 0.481 e. The number of hydrogen-bond donors (Lipinski definition) is 3. The van der Waals surface area contributed by atoms with Gasteiger partial charge in [0.25, 0.3) is 0 Å². The molecule has 0 saturated heterocycles. The van der Waals surface area contributed by atoms with Crippen LogP contribution >= 0.6 is 27.5 Å². The summed E-state index contributed by atoms with van der Waals surface area (Å²) >= 11 is 9.41. The van der Waals surface area contributed by atoms with Crippen LogP contribution in [0.1, 0.15) is 24.8 Å². The fraction of sp³-hybridized carbons (Fsp3) is 0.429. The van der Waals surface area contributed by atoms with E-state index < -0.39 is 5.97 Å². The van der Waals surface area contributed by atoms with Gasteiger partial charge in [0.1, 0.15) is 0 Å². The highest BCUT2D eigenvalue weighted by molar-refractivity contribution is 9.10. The zero-order chi connectivity index (χ0) is 15.6. The summed E-state index contributed by atoms with van der Waals surface area (Å²) in [6.45, 7) is 1.88. The summed E-state index contributed by atoms with van der Waals surface area (Å²) < 4.78 is 0.745. The van der Waals surface area contributed by atoms with E-state index in [0.29, 0.717) is 30.0 Å². The van der Waals surface area contributed by atoms with E-state index in [4.69, 9.17) is 16.7 Å². The Hall–Kier alpha value is -1.27. The Balaban J connectivity index is 1.94. The van der Waals surface area contributed by atoms with Crippen molar-refractivity contribution in [3.63, 3.8) is 0 Å². The number of carbonyl (C=O) groups is 2. The van der Waals surface area contributed by atoms with Gasteiger partial charge in [-0.05, 0) is 59.8 Å². The number of halogens is 2. The molecule has 2 rings (SSSR count). The number of anilines is 1. The first-order chi connectivity index (χ1) is 9.86. The molecule has 1 aliphatic rings. The first-order valence-electron chi connectivity index (χ1n) is 6.62. The molecule has 1 fully saturated rings. The van der Waals surface area contributed by atoms with Gasteiger partial charge in [-0.25, -0.2) is 4.79 Å². The lowest BCUT2D eigenvalue weighted by atomic mass is 10.1. The minimum absolute atomic E-state index is 0.106. The maximum atomic E-state index is 12.0. The zero-order valence-electron chi connectivity index (χ0n) is 11.5. The quantitative estimate of drug-likeness (QED) is 0.752. The van der Waals surface area contributed by atoms with Crippen LogP contribution in [0.5, 0.6) is 0 Å². The van der Waals surface area contributed by atoms with Crippen molar-refractivity contribution < 1.29 is 14.7 Å². The highest BCUT2D eigenvalue weighted by atomic mass is 79.9. The molecule has 0 spiro atoms. The second-order valence-electron chi connectivity index (χ2n) is 5.22. The predicted molar refractivity (Wildman–Crippen MR) is 84.8 cm³/mol. The van der Waals surface area contributed by atoms with Crippen LogP contribution in [0.15, 0.2) is 16.6 Å². The number of benzene rings is 1. The maximum absolute atomic E-state index is 12.0. The molecule has 3 N–H and O–H groups in total. The van der Waals surface area contributed by atoms with Crippen molar-refractivity contribution in [1.29, 1.82) is 0 Å². The van der Waals surface area contributed by atoms with E-state index in [9.17, 15) is 9.59 Å². The summed E-state index contributed by atoms with van der Waals surface area (Å²) in [5.74, 6) is -1.16. The third-order valence-corrected chi connectivity index (χ3v) is 4.68. The first-order valence-corrected chi connectivity index (χ1v) is 7.80. The van der Waals surface area contributed by atoms with Crippen LogP contribution in [0.4, 0.5) is 10.5 Å². The van der Waals surface area contributed by atoms with Crippen molar-refractivity contribution in [2.45, 2.75) is 32.2 Å². The molecule has 2 atom stereocenters. The van der Waals surface area contributed by atoms with E-state index in [0.717, 1.165) is 10.0 Å². The van der Waals surface area contributed by atoms with Crippen LogP contribution in [0.3, 0.4) is 0 Å². The van der Waals surface area contributed by atoms with Crippen LogP contribution in [0.2, 0.25) is 5.02 Å². The molecule has 1 aromatic carbocycles. The summed E-state index contributed by atoms with van der Waals surface area (Å²) in [5.41, 5.74) is 1.49. The van der Waals surface area contributed by atoms with Crippen LogP contribution in [0.25, 0.3) is 0 Å². The SMILES string of the molecule is Cc1cc(Br)c(NC(=O)N[C@H]2CC[C@@H](C(=O)O)C2)cc1Cl. The number of nitrogens with one attached hydrogen (secondary N) is 2. The van der Waals surface area contributed by atoms with Gasteiger partial charge < -0.3 is 15.7 Å². The third-order valence-electron chi connectivity index (χ3n) is 3.61. The average Bonchev–Trinajstić information content (AvgIpc) is 2.84. The van der Waals surface area contributed by atoms with Gasteiger partial charge in [0.2, 0.25) is 0 Å². The monoisotopic (exact) mass is 374 g/mol. The summed E-state index contributed by atoms with van der Waals surface area (Å²) in [4.78, 5) is 22.8. The predicted octanol–water partition coefficient (Wildman–Crippen LogP) is 3.79. The van der Waals surface area contributed by atoms with Gasteiger partial charge in [-0.2, -0.15) is 0 Å². The second-order valence-corrected chi connectivity index (χ2v) is 6.49. The molecular weight excluding hydrogens is 360 g/mol. The standard InChI is InChI=1S/C14H16BrClN2O3/c1-7-4-10(15)12(6-11(7)16)18-14(21)17-9-3-2-8(5-9)13(19)20/h4,6,8-9H,2-3,5H2,1H3,(H,19,20)(H2,17,18,21)/t8-,9+/m1/s1.